The van der Waals surface area contributed by atoms with Gasteiger partial charge in [0.1, 0.15) is 5.75 Å². The number of para-hydroxylation sites is 1. The van der Waals surface area contributed by atoms with Crippen molar-refractivity contribution in [2.24, 2.45) is 33.9 Å². The Labute approximate surface area is 318 Å². The summed E-state index contributed by atoms with van der Waals surface area (Å²) >= 11 is 0. The van der Waals surface area contributed by atoms with E-state index >= 15 is 0 Å². The summed E-state index contributed by atoms with van der Waals surface area (Å²) < 4.78 is 6.00. The van der Waals surface area contributed by atoms with E-state index < -0.39 is 0 Å². The van der Waals surface area contributed by atoms with Crippen molar-refractivity contribution in [2.75, 3.05) is 45.7 Å². The molecule has 53 heavy (non-hydrogen) atoms. The number of rotatable bonds is 14. The van der Waals surface area contributed by atoms with Crippen LogP contribution < -0.4 is 26.4 Å². The number of nitroso groups, excluding NO2 is 1. The number of allylic oxidation sites excluding steroid dienone is 4. The predicted molar refractivity (Wildman–Crippen MR) is 218 cm³/mol. The molecule has 0 aromatic heterocycles. The van der Waals surface area contributed by atoms with Gasteiger partial charge in [-0.1, -0.05) is 93.8 Å². The summed E-state index contributed by atoms with van der Waals surface area (Å²) in [6, 6.07) is 11.4. The molecule has 1 saturated heterocycles. The maximum atomic E-state index is 13.3. The first-order valence-corrected chi connectivity index (χ1v) is 19.4. The second kappa shape index (κ2) is 19.9. The molecule has 1 aliphatic heterocycles. The molecule has 3 aliphatic rings. The highest BCUT2D eigenvalue weighted by Gasteiger charge is 2.44. The normalized spacial score (nSPS) is 22.7. The number of ether oxygens (including phenoxy) is 1. The standard InChI is InChI=1S/C34H46N6O4.C9H18/c1-5-10-30(36)32-29(21-38-42)31(20-35)44-40(32)22-24-13-9-14-28(33(24)43-4)25-17-26(19-27(18-25)39(2)3)34(41)37-16-15-23-11-7-6-8-12-23;1-8-5-4-6-9(2,3)7-8/h7,9-14,17-19,29,31-32H,5-6,8,15-16,20-22,35-36H2,1-4H3,(H,37,41);8H,4-7H2,1-3H3/b30-10-;. The number of hydrogen-bond acceptors (Lipinski definition) is 9. The molecule has 10 heteroatoms. The molecule has 2 aliphatic carbocycles. The number of amides is 1. The second-order valence-corrected chi connectivity index (χ2v) is 15.8. The number of carbonyl (C=O) groups is 1. The maximum Gasteiger partial charge on any atom is 0.251 e. The van der Waals surface area contributed by atoms with Crippen LogP contribution in [-0.4, -0.2) is 64.0 Å². The number of nitrogens with zero attached hydrogens (tertiary/aromatic N) is 3. The Hall–Kier alpha value is -3.99. The molecule has 2 fully saturated rings. The Morgan fingerprint density at radius 2 is 2.00 bits per heavy atom. The molecule has 10 nitrogen and oxygen atoms in total. The summed E-state index contributed by atoms with van der Waals surface area (Å²) in [4.78, 5) is 32.9. The predicted octanol–water partition coefficient (Wildman–Crippen LogP) is 8.13. The van der Waals surface area contributed by atoms with Crippen LogP contribution in [-0.2, 0) is 11.4 Å². The van der Waals surface area contributed by atoms with Gasteiger partial charge in [0.15, 0.2) is 0 Å². The monoisotopic (exact) mass is 728 g/mol. The van der Waals surface area contributed by atoms with Crippen LogP contribution in [0.1, 0.15) is 95.0 Å². The van der Waals surface area contributed by atoms with Crippen LogP contribution in [0.5, 0.6) is 5.75 Å². The van der Waals surface area contributed by atoms with Crippen LogP contribution in [0, 0.1) is 22.2 Å². The number of anilines is 1. The zero-order chi connectivity index (χ0) is 38.5. The van der Waals surface area contributed by atoms with Gasteiger partial charge in [-0.05, 0) is 73.6 Å². The molecule has 0 bridgehead atoms. The minimum atomic E-state index is -0.390. The molecule has 290 valence electrons. The zero-order valence-corrected chi connectivity index (χ0v) is 33.2. The Morgan fingerprint density at radius 1 is 1.21 bits per heavy atom. The summed E-state index contributed by atoms with van der Waals surface area (Å²) in [5.41, 5.74) is 19.1. The number of nitrogens with two attached hydrogens (primary N) is 2. The van der Waals surface area contributed by atoms with E-state index in [1.165, 1.54) is 31.3 Å². The molecule has 0 radical (unpaired) electrons. The van der Waals surface area contributed by atoms with Crippen molar-refractivity contribution in [1.82, 2.24) is 10.4 Å². The molecule has 5 N–H and O–H groups in total. The fraction of sp³-hybridized carbons (Fsp3) is 0.558. The van der Waals surface area contributed by atoms with E-state index in [1.54, 1.807) is 12.2 Å². The molecular weight excluding hydrogens is 665 g/mol. The van der Waals surface area contributed by atoms with Crippen molar-refractivity contribution in [2.45, 2.75) is 97.8 Å². The van der Waals surface area contributed by atoms with Crippen molar-refractivity contribution in [3.8, 4) is 16.9 Å². The largest absolute Gasteiger partial charge is 0.496 e. The van der Waals surface area contributed by atoms with Gasteiger partial charge in [0.2, 0.25) is 0 Å². The summed E-state index contributed by atoms with van der Waals surface area (Å²) in [6.45, 7) is 10.4. The van der Waals surface area contributed by atoms with Gasteiger partial charge in [0, 0.05) is 61.2 Å². The van der Waals surface area contributed by atoms with Gasteiger partial charge >= 0.3 is 0 Å². The molecule has 2 aromatic rings. The Kier molecular flexibility index (Phi) is 15.7. The van der Waals surface area contributed by atoms with E-state index in [4.69, 9.17) is 21.0 Å². The van der Waals surface area contributed by atoms with Crippen molar-refractivity contribution in [3.63, 3.8) is 0 Å². The lowest BCUT2D eigenvalue weighted by Crippen LogP contribution is -2.38. The summed E-state index contributed by atoms with van der Waals surface area (Å²) in [7, 11) is 5.54. The number of hydroxylamine groups is 2. The van der Waals surface area contributed by atoms with Crippen molar-refractivity contribution in [1.29, 1.82) is 0 Å². The van der Waals surface area contributed by atoms with Crippen LogP contribution >= 0.6 is 0 Å². The fourth-order valence-corrected chi connectivity index (χ4v) is 8.01. The van der Waals surface area contributed by atoms with Gasteiger partial charge in [0.25, 0.3) is 5.91 Å². The molecular formula is C43H64N6O4. The van der Waals surface area contributed by atoms with Crippen molar-refractivity contribution < 1.29 is 14.4 Å². The first kappa shape index (κ1) is 41.8. The smallest absolute Gasteiger partial charge is 0.251 e. The minimum absolute atomic E-state index is 0.0505. The quantitative estimate of drug-likeness (QED) is 0.166. The number of hydrogen-bond donors (Lipinski definition) is 3. The third-order valence-corrected chi connectivity index (χ3v) is 10.6. The van der Waals surface area contributed by atoms with E-state index in [2.05, 4.69) is 49.5 Å². The average Bonchev–Trinajstić information content (AvgIpc) is 3.48. The molecule has 2 aromatic carbocycles. The van der Waals surface area contributed by atoms with Crippen LogP contribution in [0.2, 0.25) is 0 Å². The number of methoxy groups -OCH3 is 1. The van der Waals surface area contributed by atoms with E-state index in [1.807, 2.05) is 68.4 Å². The fourth-order valence-electron chi connectivity index (χ4n) is 8.01. The van der Waals surface area contributed by atoms with E-state index in [0.29, 0.717) is 35.5 Å². The van der Waals surface area contributed by atoms with Crippen LogP contribution in [0.3, 0.4) is 0 Å². The van der Waals surface area contributed by atoms with Gasteiger partial charge in [0.05, 0.1) is 32.3 Å². The molecule has 4 unspecified atom stereocenters. The lowest BCUT2D eigenvalue weighted by Gasteiger charge is -2.33. The van der Waals surface area contributed by atoms with Crippen LogP contribution in [0.4, 0.5) is 5.69 Å². The second-order valence-electron chi connectivity index (χ2n) is 15.8. The number of benzene rings is 2. The van der Waals surface area contributed by atoms with Gasteiger partial charge in [-0.3, -0.25) is 9.63 Å². The molecule has 0 spiro atoms. The maximum absolute atomic E-state index is 13.3. The lowest BCUT2D eigenvalue weighted by molar-refractivity contribution is -0.162. The topological polar surface area (TPSA) is 136 Å². The third-order valence-electron chi connectivity index (χ3n) is 10.6. The Bertz CT molecular complexity index is 1620. The first-order chi connectivity index (χ1) is 25.4. The van der Waals surface area contributed by atoms with E-state index in [9.17, 15) is 9.70 Å². The van der Waals surface area contributed by atoms with Crippen molar-refractivity contribution >= 4 is 11.6 Å². The molecule has 1 heterocycles. The van der Waals surface area contributed by atoms with Crippen LogP contribution in [0.15, 0.2) is 77.1 Å². The Morgan fingerprint density at radius 3 is 2.60 bits per heavy atom. The summed E-state index contributed by atoms with van der Waals surface area (Å²) in [5.74, 6) is 1.25. The van der Waals surface area contributed by atoms with Gasteiger partial charge < -0.3 is 26.4 Å². The summed E-state index contributed by atoms with van der Waals surface area (Å²) in [6.07, 6.45) is 17.6. The third kappa shape index (κ3) is 11.5. The van der Waals surface area contributed by atoms with Crippen LogP contribution in [0.25, 0.3) is 11.1 Å². The lowest BCUT2D eigenvalue weighted by atomic mass is 9.73. The summed E-state index contributed by atoms with van der Waals surface area (Å²) in [5, 5.41) is 8.04. The molecule has 1 saturated carbocycles. The van der Waals surface area contributed by atoms with E-state index in [-0.39, 0.29) is 37.1 Å². The molecule has 1 amide bonds. The van der Waals surface area contributed by atoms with Gasteiger partial charge in [-0.25, -0.2) is 0 Å². The molecule has 5 rings (SSSR count). The van der Waals surface area contributed by atoms with E-state index in [0.717, 1.165) is 54.0 Å². The minimum Gasteiger partial charge on any atom is -0.496 e. The molecule has 4 atom stereocenters. The zero-order valence-electron chi connectivity index (χ0n) is 33.2. The SMILES string of the molecule is CC/C=C(\N)C1C(CN=O)C(CN)ON1Cc1cccc(-c2cc(C(=O)NCCC3=CCCC=C3)cc(N(C)C)c2)c1OC.CC1CCCC(C)(C)C1. The highest BCUT2D eigenvalue weighted by atomic mass is 16.7. The highest BCUT2D eigenvalue weighted by molar-refractivity contribution is 5.97. The first-order valence-electron chi connectivity index (χ1n) is 19.4. The number of nitrogens with one attached hydrogen (secondary N) is 1. The number of carbonyl (C=O) groups excluding carboxylic acids is 1. The van der Waals surface area contributed by atoms with Gasteiger partial charge in [-0.2, -0.15) is 9.97 Å². The highest BCUT2D eigenvalue weighted by Crippen LogP contribution is 2.40. The van der Waals surface area contributed by atoms with Gasteiger partial charge in [-0.15, -0.1) is 0 Å². The Balaban J connectivity index is 0.000000608. The van der Waals surface area contributed by atoms with Crippen molar-refractivity contribution in [3.05, 3.63) is 88.0 Å². The average molecular weight is 729 g/mol.